The zero-order valence-electron chi connectivity index (χ0n) is 18.9. The molecule has 5 rings (SSSR count). The maximum absolute atomic E-state index is 13.0. The number of aromatic nitrogens is 2. The average molecular weight is 467 g/mol. The van der Waals surface area contributed by atoms with E-state index in [-0.39, 0.29) is 18.3 Å². The highest BCUT2D eigenvalue weighted by molar-refractivity contribution is 5.91. The number of nitrogens with two attached hydrogens (primary N) is 1. The molecule has 1 fully saturated rings. The molecule has 34 heavy (non-hydrogen) atoms. The molecule has 2 aromatic carbocycles. The van der Waals surface area contributed by atoms with Crippen LogP contribution in [-0.2, 0) is 4.79 Å². The number of rotatable bonds is 4. The predicted octanol–water partition coefficient (Wildman–Crippen LogP) is 1.42. The molecule has 11 nitrogen and oxygen atoms in total. The maximum atomic E-state index is 13.0. The number of anilines is 2. The highest BCUT2D eigenvalue weighted by Crippen LogP contribution is 2.36. The van der Waals surface area contributed by atoms with E-state index in [0.29, 0.717) is 71.8 Å². The Morgan fingerprint density at radius 1 is 1.06 bits per heavy atom. The minimum Gasteiger partial charge on any atom is -0.508 e. The molecule has 0 bridgehead atoms. The fraction of sp³-hybridized carbons (Fsp3) is 0.348. The van der Waals surface area contributed by atoms with Crippen LogP contribution < -0.4 is 29.6 Å². The van der Waals surface area contributed by atoms with E-state index in [1.54, 1.807) is 37.3 Å². The number of ether oxygens (including phenoxy) is 4. The van der Waals surface area contributed by atoms with Crippen molar-refractivity contribution in [3.63, 3.8) is 0 Å². The molecule has 0 spiro atoms. The quantitative estimate of drug-likeness (QED) is 0.580. The van der Waals surface area contributed by atoms with Crippen LogP contribution in [-0.4, -0.2) is 79.0 Å². The van der Waals surface area contributed by atoms with E-state index >= 15 is 0 Å². The SMILES string of the molecule is COc1cc2nc(N3CCN(C(=O)[C@@H]4COc5cc(O)ccc5O4)CC3)nc(N)c2cc1OC. The number of phenols is 1. The molecule has 11 heteroatoms. The third-order valence-electron chi connectivity index (χ3n) is 5.96. The molecule has 0 unspecified atom stereocenters. The zero-order chi connectivity index (χ0) is 23.8. The van der Waals surface area contributed by atoms with Gasteiger partial charge < -0.3 is 39.6 Å². The number of nitrogens with zero attached hydrogens (tertiary/aromatic N) is 4. The minimum absolute atomic E-state index is 0.0809. The van der Waals surface area contributed by atoms with E-state index in [1.807, 2.05) is 4.90 Å². The first-order valence-corrected chi connectivity index (χ1v) is 10.8. The number of piperazine rings is 1. The first-order chi connectivity index (χ1) is 16.5. The Hall–Kier alpha value is -4.15. The van der Waals surface area contributed by atoms with Crippen LogP contribution in [0.3, 0.4) is 0 Å². The molecule has 1 saturated heterocycles. The first-order valence-electron chi connectivity index (χ1n) is 10.8. The molecular formula is C23H25N5O6. The number of aromatic hydroxyl groups is 1. The van der Waals surface area contributed by atoms with Crippen molar-refractivity contribution in [2.24, 2.45) is 0 Å². The Morgan fingerprint density at radius 2 is 1.79 bits per heavy atom. The summed E-state index contributed by atoms with van der Waals surface area (Å²) >= 11 is 0. The molecule has 2 aliphatic heterocycles. The highest BCUT2D eigenvalue weighted by atomic mass is 16.6. The third kappa shape index (κ3) is 3.89. The molecular weight excluding hydrogens is 442 g/mol. The van der Waals surface area contributed by atoms with Crippen molar-refractivity contribution in [1.82, 2.24) is 14.9 Å². The van der Waals surface area contributed by atoms with Crippen molar-refractivity contribution in [1.29, 1.82) is 0 Å². The van der Waals surface area contributed by atoms with E-state index < -0.39 is 6.10 Å². The smallest absolute Gasteiger partial charge is 0.267 e. The third-order valence-corrected chi connectivity index (χ3v) is 5.96. The van der Waals surface area contributed by atoms with Gasteiger partial charge in [0.25, 0.3) is 5.91 Å². The largest absolute Gasteiger partial charge is 0.508 e. The molecule has 1 atom stereocenters. The Morgan fingerprint density at radius 3 is 2.53 bits per heavy atom. The van der Waals surface area contributed by atoms with Crippen LogP contribution in [0, 0.1) is 0 Å². The van der Waals surface area contributed by atoms with Gasteiger partial charge in [0, 0.05) is 43.7 Å². The lowest BCUT2D eigenvalue weighted by Gasteiger charge is -2.37. The van der Waals surface area contributed by atoms with E-state index in [2.05, 4.69) is 9.97 Å². The van der Waals surface area contributed by atoms with Crippen LogP contribution >= 0.6 is 0 Å². The normalized spacial score (nSPS) is 17.5. The fourth-order valence-electron chi connectivity index (χ4n) is 4.12. The molecule has 0 saturated carbocycles. The van der Waals surface area contributed by atoms with Gasteiger partial charge >= 0.3 is 0 Å². The summed E-state index contributed by atoms with van der Waals surface area (Å²) in [5, 5.41) is 10.2. The number of amides is 1. The van der Waals surface area contributed by atoms with Gasteiger partial charge in [-0.1, -0.05) is 0 Å². The lowest BCUT2D eigenvalue weighted by molar-refractivity contribution is -0.141. The standard InChI is InChI=1S/C23H25N5O6/c1-31-17-10-14-15(11-18(17)32-2)25-23(26-21(14)24)28-7-5-27(6-8-28)22(30)20-12-33-19-9-13(29)3-4-16(19)34-20/h3-4,9-11,20,29H,5-8,12H2,1-2H3,(H2,24,25,26)/t20-/m0/s1. The molecule has 1 aromatic heterocycles. The molecule has 2 aliphatic rings. The van der Waals surface area contributed by atoms with Crippen molar-refractivity contribution in [3.05, 3.63) is 30.3 Å². The van der Waals surface area contributed by atoms with Gasteiger partial charge in [-0.05, 0) is 18.2 Å². The Kier molecular flexibility index (Phi) is 5.52. The summed E-state index contributed by atoms with van der Waals surface area (Å²) in [6.07, 6.45) is -0.737. The van der Waals surface area contributed by atoms with E-state index in [9.17, 15) is 9.90 Å². The molecule has 0 radical (unpaired) electrons. The lowest BCUT2D eigenvalue weighted by Crippen LogP contribution is -2.54. The molecule has 1 amide bonds. The van der Waals surface area contributed by atoms with Crippen molar-refractivity contribution in [3.8, 4) is 28.7 Å². The topological polar surface area (TPSA) is 132 Å². The van der Waals surface area contributed by atoms with Crippen molar-refractivity contribution >= 4 is 28.6 Å². The number of benzene rings is 2. The first kappa shape index (κ1) is 21.7. The van der Waals surface area contributed by atoms with Crippen LogP contribution in [0.25, 0.3) is 10.9 Å². The zero-order valence-corrected chi connectivity index (χ0v) is 18.9. The van der Waals surface area contributed by atoms with Crippen molar-refractivity contribution in [2.45, 2.75) is 6.10 Å². The monoisotopic (exact) mass is 467 g/mol. The van der Waals surface area contributed by atoms with Crippen molar-refractivity contribution in [2.75, 3.05) is 57.6 Å². The van der Waals surface area contributed by atoms with Crippen molar-refractivity contribution < 1.29 is 28.8 Å². The van der Waals surface area contributed by atoms with Crippen LogP contribution in [0.1, 0.15) is 0 Å². The highest BCUT2D eigenvalue weighted by Gasteiger charge is 2.33. The fourth-order valence-corrected chi connectivity index (χ4v) is 4.12. The second kappa shape index (κ2) is 8.65. The summed E-state index contributed by atoms with van der Waals surface area (Å²) in [6.45, 7) is 2.14. The number of carbonyl (C=O) groups is 1. The van der Waals surface area contributed by atoms with Crippen LogP contribution in [0.4, 0.5) is 11.8 Å². The number of phenolic OH excluding ortho intramolecular Hbond substituents is 1. The van der Waals surface area contributed by atoms with Crippen LogP contribution in [0.5, 0.6) is 28.7 Å². The van der Waals surface area contributed by atoms with Gasteiger partial charge in [0.15, 0.2) is 23.0 Å². The van der Waals surface area contributed by atoms with E-state index in [1.165, 1.54) is 12.1 Å². The summed E-state index contributed by atoms with van der Waals surface area (Å²) < 4.78 is 22.1. The van der Waals surface area contributed by atoms with Crippen LogP contribution in [0.15, 0.2) is 30.3 Å². The summed E-state index contributed by atoms with van der Waals surface area (Å²) in [5.74, 6) is 2.75. The Balaban J connectivity index is 1.27. The second-order valence-corrected chi connectivity index (χ2v) is 7.99. The predicted molar refractivity (Wildman–Crippen MR) is 124 cm³/mol. The number of hydrogen-bond donors (Lipinski definition) is 2. The number of fused-ring (bicyclic) bond motifs is 2. The van der Waals surface area contributed by atoms with Gasteiger partial charge in [0.05, 0.1) is 19.7 Å². The molecule has 178 valence electrons. The average Bonchev–Trinajstić information content (AvgIpc) is 2.87. The van der Waals surface area contributed by atoms with Gasteiger partial charge in [-0.25, -0.2) is 4.98 Å². The Labute approximate surface area is 195 Å². The van der Waals surface area contributed by atoms with E-state index in [0.717, 1.165) is 0 Å². The number of methoxy groups -OCH3 is 2. The van der Waals surface area contributed by atoms with E-state index in [4.69, 9.17) is 24.7 Å². The summed E-state index contributed by atoms with van der Waals surface area (Å²) in [5.41, 5.74) is 6.86. The minimum atomic E-state index is -0.737. The summed E-state index contributed by atoms with van der Waals surface area (Å²) in [4.78, 5) is 25.9. The molecule has 3 N–H and O–H groups in total. The molecule has 3 aromatic rings. The lowest BCUT2D eigenvalue weighted by atomic mass is 10.2. The Bertz CT molecular complexity index is 1240. The summed E-state index contributed by atoms with van der Waals surface area (Å²) in [6, 6.07) is 8.09. The van der Waals surface area contributed by atoms with Gasteiger partial charge in [-0.15, -0.1) is 0 Å². The number of nitrogen functional groups attached to an aromatic ring is 1. The van der Waals surface area contributed by atoms with Gasteiger partial charge in [0.1, 0.15) is 18.2 Å². The second-order valence-electron chi connectivity index (χ2n) is 7.99. The number of hydrogen-bond acceptors (Lipinski definition) is 10. The van der Waals surface area contributed by atoms with Gasteiger partial charge in [-0.3, -0.25) is 4.79 Å². The molecule has 0 aliphatic carbocycles. The summed E-state index contributed by atoms with van der Waals surface area (Å²) in [7, 11) is 3.12. The van der Waals surface area contributed by atoms with Gasteiger partial charge in [0.2, 0.25) is 12.1 Å². The van der Waals surface area contributed by atoms with Crippen LogP contribution in [0.2, 0.25) is 0 Å². The molecule has 3 heterocycles. The maximum Gasteiger partial charge on any atom is 0.267 e. The van der Waals surface area contributed by atoms with Gasteiger partial charge in [-0.2, -0.15) is 4.98 Å². The number of carbonyl (C=O) groups excluding carboxylic acids is 1.